The number of amides is 2. The minimum absolute atomic E-state index is 0.271. The largest absolute Gasteiger partial charge is 0.447 e. The van der Waals surface area contributed by atoms with Gasteiger partial charge in [0.15, 0.2) is 0 Å². The van der Waals surface area contributed by atoms with E-state index in [0.29, 0.717) is 30.2 Å². The van der Waals surface area contributed by atoms with Crippen LogP contribution < -0.4 is 10.2 Å². The highest BCUT2D eigenvalue weighted by atomic mass is 32.1. The van der Waals surface area contributed by atoms with Crippen LogP contribution in [0.4, 0.5) is 16.2 Å². The zero-order chi connectivity index (χ0) is 13.9. The van der Waals surface area contributed by atoms with Gasteiger partial charge in [-0.1, -0.05) is 6.07 Å². The number of carbonyl (C=O) groups is 2. The highest BCUT2D eigenvalue weighted by Gasteiger charge is 2.23. The standard InChI is InChI=1S/C13H11N3O3S/c17-12(11-7-20-8-14-11)15-9-2-1-3-10(6-9)16-4-5-19-13(16)18/h1-3,6-8H,4-5H2,(H,15,17). The van der Waals surface area contributed by atoms with Crippen molar-refractivity contribution in [1.82, 2.24) is 4.98 Å². The minimum atomic E-state index is -0.368. The molecule has 0 bridgehead atoms. The molecule has 0 saturated carbocycles. The smallest absolute Gasteiger partial charge is 0.414 e. The average Bonchev–Trinajstić information content (AvgIpc) is 3.10. The van der Waals surface area contributed by atoms with E-state index < -0.39 is 0 Å². The Morgan fingerprint density at radius 1 is 1.45 bits per heavy atom. The number of anilines is 2. The highest BCUT2D eigenvalue weighted by molar-refractivity contribution is 7.07. The van der Waals surface area contributed by atoms with Crippen molar-refractivity contribution < 1.29 is 14.3 Å². The van der Waals surface area contributed by atoms with E-state index in [1.54, 1.807) is 35.2 Å². The Morgan fingerprint density at radius 2 is 2.35 bits per heavy atom. The van der Waals surface area contributed by atoms with Crippen molar-refractivity contribution in [3.63, 3.8) is 0 Å². The SMILES string of the molecule is O=C(Nc1cccc(N2CCOC2=O)c1)c1cscn1. The third-order valence-corrected chi connectivity index (χ3v) is 3.43. The molecular weight excluding hydrogens is 278 g/mol. The molecule has 1 fully saturated rings. The van der Waals surface area contributed by atoms with Crippen molar-refractivity contribution in [2.75, 3.05) is 23.4 Å². The molecule has 102 valence electrons. The van der Waals surface area contributed by atoms with Crippen LogP contribution in [-0.2, 0) is 4.74 Å². The molecule has 2 amide bonds. The Hall–Kier alpha value is -2.41. The maximum atomic E-state index is 11.9. The predicted molar refractivity (Wildman–Crippen MR) is 75.2 cm³/mol. The molecule has 0 aliphatic carbocycles. The summed E-state index contributed by atoms with van der Waals surface area (Å²) in [5.41, 5.74) is 3.29. The van der Waals surface area contributed by atoms with Crippen LogP contribution in [0.1, 0.15) is 10.5 Å². The lowest BCUT2D eigenvalue weighted by molar-refractivity contribution is 0.102. The van der Waals surface area contributed by atoms with Gasteiger partial charge in [-0.05, 0) is 18.2 Å². The van der Waals surface area contributed by atoms with Gasteiger partial charge in [-0.3, -0.25) is 9.69 Å². The number of nitrogens with one attached hydrogen (secondary N) is 1. The monoisotopic (exact) mass is 289 g/mol. The van der Waals surface area contributed by atoms with Crippen molar-refractivity contribution in [3.05, 3.63) is 40.8 Å². The van der Waals surface area contributed by atoms with E-state index in [-0.39, 0.29) is 12.0 Å². The Labute approximate surface area is 119 Å². The zero-order valence-corrected chi connectivity index (χ0v) is 11.2. The molecule has 1 aromatic carbocycles. The number of hydrogen-bond donors (Lipinski definition) is 1. The van der Waals surface area contributed by atoms with E-state index >= 15 is 0 Å². The summed E-state index contributed by atoms with van der Waals surface area (Å²) in [6.07, 6.45) is -0.368. The van der Waals surface area contributed by atoms with Crippen molar-refractivity contribution in [1.29, 1.82) is 0 Å². The summed E-state index contributed by atoms with van der Waals surface area (Å²) >= 11 is 1.36. The summed E-state index contributed by atoms with van der Waals surface area (Å²) < 4.78 is 4.89. The molecule has 1 N–H and O–H groups in total. The fraction of sp³-hybridized carbons (Fsp3) is 0.154. The van der Waals surface area contributed by atoms with Crippen LogP contribution in [-0.4, -0.2) is 30.1 Å². The van der Waals surface area contributed by atoms with E-state index in [9.17, 15) is 9.59 Å². The number of aromatic nitrogens is 1. The maximum absolute atomic E-state index is 11.9. The van der Waals surface area contributed by atoms with Crippen LogP contribution in [0.2, 0.25) is 0 Å². The van der Waals surface area contributed by atoms with Gasteiger partial charge in [0.25, 0.3) is 5.91 Å². The number of rotatable bonds is 3. The van der Waals surface area contributed by atoms with Gasteiger partial charge in [0.1, 0.15) is 12.3 Å². The normalized spacial score (nSPS) is 14.2. The molecule has 0 radical (unpaired) electrons. The Kier molecular flexibility index (Phi) is 3.34. The highest BCUT2D eigenvalue weighted by Crippen LogP contribution is 2.22. The number of hydrogen-bond acceptors (Lipinski definition) is 5. The average molecular weight is 289 g/mol. The topological polar surface area (TPSA) is 71.5 Å². The number of nitrogens with zero attached hydrogens (tertiary/aromatic N) is 2. The van der Waals surface area contributed by atoms with Gasteiger partial charge in [0, 0.05) is 16.8 Å². The first-order valence-electron chi connectivity index (χ1n) is 5.98. The number of thiazole rings is 1. The first-order chi connectivity index (χ1) is 9.74. The van der Waals surface area contributed by atoms with Crippen molar-refractivity contribution in [2.45, 2.75) is 0 Å². The Balaban J connectivity index is 1.78. The van der Waals surface area contributed by atoms with E-state index in [1.165, 1.54) is 16.2 Å². The van der Waals surface area contributed by atoms with Gasteiger partial charge in [0.2, 0.25) is 0 Å². The number of cyclic esters (lactones) is 1. The first kappa shape index (κ1) is 12.6. The van der Waals surface area contributed by atoms with Crippen LogP contribution in [0.25, 0.3) is 0 Å². The molecular formula is C13H11N3O3S. The second kappa shape index (κ2) is 5.30. The van der Waals surface area contributed by atoms with Gasteiger partial charge < -0.3 is 10.1 Å². The van der Waals surface area contributed by atoms with Crippen LogP contribution in [0, 0.1) is 0 Å². The molecule has 1 aliphatic rings. The molecule has 0 atom stereocenters. The molecule has 6 nitrogen and oxygen atoms in total. The predicted octanol–water partition coefficient (Wildman–Crippen LogP) is 2.35. The summed E-state index contributed by atoms with van der Waals surface area (Å²) in [6.45, 7) is 0.899. The second-order valence-electron chi connectivity index (χ2n) is 4.14. The quantitative estimate of drug-likeness (QED) is 0.941. The molecule has 2 heterocycles. The lowest BCUT2D eigenvalue weighted by atomic mass is 10.2. The van der Waals surface area contributed by atoms with Crippen molar-refractivity contribution in [2.24, 2.45) is 0 Å². The van der Waals surface area contributed by atoms with Crippen molar-refractivity contribution >= 4 is 34.7 Å². The van der Waals surface area contributed by atoms with Gasteiger partial charge in [0.05, 0.1) is 12.1 Å². The lowest BCUT2D eigenvalue weighted by Gasteiger charge is -2.14. The Morgan fingerprint density at radius 3 is 3.05 bits per heavy atom. The number of benzene rings is 1. The second-order valence-corrected chi connectivity index (χ2v) is 4.86. The Bertz CT molecular complexity index is 642. The van der Waals surface area contributed by atoms with E-state index in [0.717, 1.165) is 0 Å². The van der Waals surface area contributed by atoms with Gasteiger partial charge >= 0.3 is 6.09 Å². The molecule has 2 aromatic rings. The van der Waals surface area contributed by atoms with E-state index in [4.69, 9.17) is 4.74 Å². The summed E-state index contributed by atoms with van der Waals surface area (Å²) in [5, 5.41) is 4.43. The van der Waals surface area contributed by atoms with E-state index in [2.05, 4.69) is 10.3 Å². The lowest BCUT2D eigenvalue weighted by Crippen LogP contribution is -2.23. The van der Waals surface area contributed by atoms with Crippen LogP contribution >= 0.6 is 11.3 Å². The molecule has 1 aliphatic heterocycles. The summed E-state index contributed by atoms with van der Waals surface area (Å²) in [7, 11) is 0. The zero-order valence-electron chi connectivity index (χ0n) is 10.4. The van der Waals surface area contributed by atoms with Gasteiger partial charge in [-0.25, -0.2) is 9.78 Å². The third kappa shape index (κ3) is 2.48. The van der Waals surface area contributed by atoms with Crippen LogP contribution in [0.15, 0.2) is 35.2 Å². The van der Waals surface area contributed by atoms with Gasteiger partial charge in [-0.2, -0.15) is 0 Å². The summed E-state index contributed by atoms with van der Waals surface area (Å²) in [4.78, 5) is 28.9. The molecule has 0 unspecified atom stereocenters. The summed E-state index contributed by atoms with van der Waals surface area (Å²) in [5.74, 6) is -0.271. The molecule has 7 heteroatoms. The van der Waals surface area contributed by atoms with Crippen LogP contribution in [0.3, 0.4) is 0 Å². The summed E-state index contributed by atoms with van der Waals surface area (Å²) in [6, 6.07) is 7.06. The van der Waals surface area contributed by atoms with E-state index in [1.807, 2.05) is 0 Å². The molecule has 1 saturated heterocycles. The fourth-order valence-corrected chi connectivity index (χ4v) is 2.43. The maximum Gasteiger partial charge on any atom is 0.414 e. The number of carbonyl (C=O) groups excluding carboxylic acids is 2. The number of ether oxygens (including phenoxy) is 1. The van der Waals surface area contributed by atoms with Gasteiger partial charge in [-0.15, -0.1) is 11.3 Å². The molecule has 0 spiro atoms. The molecule has 3 rings (SSSR count). The van der Waals surface area contributed by atoms with Crippen molar-refractivity contribution in [3.8, 4) is 0 Å². The minimum Gasteiger partial charge on any atom is -0.447 e. The van der Waals surface area contributed by atoms with Crippen LogP contribution in [0.5, 0.6) is 0 Å². The molecule has 20 heavy (non-hydrogen) atoms. The fourth-order valence-electron chi connectivity index (χ4n) is 1.90. The third-order valence-electron chi connectivity index (χ3n) is 2.84. The molecule has 1 aromatic heterocycles. The first-order valence-corrected chi connectivity index (χ1v) is 6.92.